The molecule has 1 aliphatic carbocycles. The SMILES string of the molecule is CC1CCCC(N(C)CCNc2cccc(F)c2)C1. The molecule has 1 fully saturated rings. The molecule has 1 aliphatic rings. The molecule has 1 aromatic rings. The molecule has 3 heteroatoms. The van der Waals surface area contributed by atoms with E-state index in [1.807, 2.05) is 6.07 Å². The minimum atomic E-state index is -0.181. The van der Waals surface area contributed by atoms with E-state index in [0.29, 0.717) is 0 Å². The smallest absolute Gasteiger partial charge is 0.125 e. The number of hydrogen-bond donors (Lipinski definition) is 1. The van der Waals surface area contributed by atoms with Crippen LogP contribution >= 0.6 is 0 Å². The van der Waals surface area contributed by atoms with Gasteiger partial charge in [-0.2, -0.15) is 0 Å². The van der Waals surface area contributed by atoms with Gasteiger partial charge >= 0.3 is 0 Å². The van der Waals surface area contributed by atoms with Crippen LogP contribution in [0, 0.1) is 11.7 Å². The van der Waals surface area contributed by atoms with E-state index in [4.69, 9.17) is 0 Å². The number of rotatable bonds is 5. The lowest BCUT2D eigenvalue weighted by Gasteiger charge is -2.34. The normalized spacial score (nSPS) is 23.6. The van der Waals surface area contributed by atoms with E-state index in [9.17, 15) is 4.39 Å². The number of hydrogen-bond acceptors (Lipinski definition) is 2. The average Bonchev–Trinajstić information content (AvgIpc) is 2.38. The first-order valence-corrected chi connectivity index (χ1v) is 7.35. The lowest BCUT2D eigenvalue weighted by Crippen LogP contribution is -2.38. The van der Waals surface area contributed by atoms with E-state index in [1.54, 1.807) is 12.1 Å². The third-order valence-corrected chi connectivity index (χ3v) is 4.15. The number of anilines is 1. The fourth-order valence-electron chi connectivity index (χ4n) is 2.96. The summed E-state index contributed by atoms with van der Waals surface area (Å²) in [5.74, 6) is 0.678. The van der Waals surface area contributed by atoms with Crippen LogP contribution in [-0.4, -0.2) is 31.1 Å². The molecule has 2 nitrogen and oxygen atoms in total. The molecule has 106 valence electrons. The van der Waals surface area contributed by atoms with Crippen molar-refractivity contribution in [3.8, 4) is 0 Å². The van der Waals surface area contributed by atoms with Gasteiger partial charge in [0.1, 0.15) is 5.82 Å². The molecule has 19 heavy (non-hydrogen) atoms. The van der Waals surface area contributed by atoms with Crippen LogP contribution in [0.5, 0.6) is 0 Å². The molecule has 1 saturated carbocycles. The largest absolute Gasteiger partial charge is 0.384 e. The molecule has 1 N–H and O–H groups in total. The lowest BCUT2D eigenvalue weighted by atomic mass is 9.86. The zero-order chi connectivity index (χ0) is 13.7. The zero-order valence-electron chi connectivity index (χ0n) is 12.0. The summed E-state index contributed by atoms with van der Waals surface area (Å²) >= 11 is 0. The molecule has 0 radical (unpaired) electrons. The van der Waals surface area contributed by atoms with Crippen molar-refractivity contribution in [2.75, 3.05) is 25.5 Å². The Morgan fingerprint density at radius 2 is 2.21 bits per heavy atom. The Balaban J connectivity index is 1.73. The van der Waals surface area contributed by atoms with Gasteiger partial charge in [-0.25, -0.2) is 4.39 Å². The molecule has 2 unspecified atom stereocenters. The quantitative estimate of drug-likeness (QED) is 0.871. The molecule has 0 aliphatic heterocycles. The van der Waals surface area contributed by atoms with Crippen molar-refractivity contribution in [2.45, 2.75) is 38.6 Å². The standard InChI is InChI=1S/C16H25FN2/c1-13-5-3-8-16(11-13)19(2)10-9-18-15-7-4-6-14(17)12-15/h4,6-7,12-13,16,18H,3,5,8-11H2,1-2H3. The van der Waals surface area contributed by atoms with Gasteiger partial charge in [0.15, 0.2) is 0 Å². The molecule has 2 rings (SSSR count). The molecule has 0 aromatic heterocycles. The van der Waals surface area contributed by atoms with Crippen LogP contribution in [-0.2, 0) is 0 Å². The van der Waals surface area contributed by atoms with Crippen molar-refractivity contribution in [3.63, 3.8) is 0 Å². The zero-order valence-corrected chi connectivity index (χ0v) is 12.0. The highest BCUT2D eigenvalue weighted by Gasteiger charge is 2.21. The fraction of sp³-hybridized carbons (Fsp3) is 0.625. The first-order valence-electron chi connectivity index (χ1n) is 7.35. The molecule has 0 bridgehead atoms. The van der Waals surface area contributed by atoms with Crippen LogP contribution < -0.4 is 5.32 Å². The van der Waals surface area contributed by atoms with E-state index in [1.165, 1.54) is 31.7 Å². The van der Waals surface area contributed by atoms with Gasteiger partial charge in [0.2, 0.25) is 0 Å². The number of nitrogens with zero attached hydrogens (tertiary/aromatic N) is 1. The van der Waals surface area contributed by atoms with Gasteiger partial charge in [0.25, 0.3) is 0 Å². The Labute approximate surface area is 116 Å². The topological polar surface area (TPSA) is 15.3 Å². The predicted molar refractivity (Wildman–Crippen MR) is 78.9 cm³/mol. The fourth-order valence-corrected chi connectivity index (χ4v) is 2.96. The summed E-state index contributed by atoms with van der Waals surface area (Å²) < 4.78 is 13.0. The molecule has 2 atom stereocenters. The molecular formula is C16H25FN2. The summed E-state index contributed by atoms with van der Waals surface area (Å²) in [6, 6.07) is 7.39. The minimum absolute atomic E-state index is 0.181. The van der Waals surface area contributed by atoms with E-state index in [2.05, 4.69) is 24.2 Å². The van der Waals surface area contributed by atoms with Crippen LogP contribution in [0.25, 0.3) is 0 Å². The van der Waals surface area contributed by atoms with Gasteiger partial charge in [-0.05, 0) is 44.0 Å². The van der Waals surface area contributed by atoms with Crippen molar-refractivity contribution in [2.24, 2.45) is 5.92 Å². The Bertz CT molecular complexity index is 394. The molecule has 0 saturated heterocycles. The van der Waals surface area contributed by atoms with E-state index >= 15 is 0 Å². The monoisotopic (exact) mass is 264 g/mol. The van der Waals surface area contributed by atoms with Crippen molar-refractivity contribution in [1.29, 1.82) is 0 Å². The van der Waals surface area contributed by atoms with Crippen LogP contribution in [0.4, 0.5) is 10.1 Å². The van der Waals surface area contributed by atoms with Crippen molar-refractivity contribution in [3.05, 3.63) is 30.1 Å². The highest BCUT2D eigenvalue weighted by Crippen LogP contribution is 2.26. The Kier molecular flexibility index (Phi) is 5.20. The third kappa shape index (κ3) is 4.50. The second-order valence-electron chi connectivity index (χ2n) is 5.84. The highest BCUT2D eigenvalue weighted by atomic mass is 19.1. The van der Waals surface area contributed by atoms with Gasteiger partial charge in [-0.3, -0.25) is 0 Å². The van der Waals surface area contributed by atoms with E-state index in [-0.39, 0.29) is 5.82 Å². The van der Waals surface area contributed by atoms with Crippen LogP contribution in [0.2, 0.25) is 0 Å². The Hall–Kier alpha value is -1.09. The summed E-state index contributed by atoms with van der Waals surface area (Å²) in [4.78, 5) is 2.45. The maximum atomic E-state index is 13.0. The van der Waals surface area contributed by atoms with E-state index < -0.39 is 0 Å². The molecular weight excluding hydrogens is 239 g/mol. The highest BCUT2D eigenvalue weighted by molar-refractivity contribution is 5.42. The molecule has 0 spiro atoms. The number of nitrogens with one attached hydrogen (secondary N) is 1. The lowest BCUT2D eigenvalue weighted by molar-refractivity contribution is 0.169. The summed E-state index contributed by atoms with van der Waals surface area (Å²) in [5.41, 5.74) is 0.866. The maximum absolute atomic E-state index is 13.0. The summed E-state index contributed by atoms with van der Waals surface area (Å²) in [7, 11) is 2.20. The van der Waals surface area contributed by atoms with Crippen LogP contribution in [0.3, 0.4) is 0 Å². The first kappa shape index (κ1) is 14.3. The summed E-state index contributed by atoms with van der Waals surface area (Å²) in [6.07, 6.45) is 5.37. The Morgan fingerprint density at radius 1 is 1.37 bits per heavy atom. The molecule has 0 heterocycles. The van der Waals surface area contributed by atoms with Gasteiger partial charge in [0.05, 0.1) is 0 Å². The van der Waals surface area contributed by atoms with Gasteiger partial charge in [-0.15, -0.1) is 0 Å². The van der Waals surface area contributed by atoms with Gasteiger partial charge in [-0.1, -0.05) is 25.8 Å². The van der Waals surface area contributed by atoms with Gasteiger partial charge in [0, 0.05) is 24.8 Å². The van der Waals surface area contributed by atoms with Crippen molar-refractivity contribution < 1.29 is 4.39 Å². The van der Waals surface area contributed by atoms with Crippen LogP contribution in [0.15, 0.2) is 24.3 Å². The molecule has 0 amide bonds. The second-order valence-corrected chi connectivity index (χ2v) is 5.84. The van der Waals surface area contributed by atoms with Crippen molar-refractivity contribution in [1.82, 2.24) is 4.90 Å². The number of benzene rings is 1. The second kappa shape index (κ2) is 6.90. The Morgan fingerprint density at radius 3 is 2.95 bits per heavy atom. The van der Waals surface area contributed by atoms with Crippen LogP contribution in [0.1, 0.15) is 32.6 Å². The summed E-state index contributed by atoms with van der Waals surface area (Å²) in [5, 5.41) is 3.29. The third-order valence-electron chi connectivity index (χ3n) is 4.15. The van der Waals surface area contributed by atoms with Crippen molar-refractivity contribution >= 4 is 5.69 Å². The average molecular weight is 264 g/mol. The minimum Gasteiger partial charge on any atom is -0.384 e. The number of likely N-dealkylation sites (N-methyl/N-ethyl adjacent to an activating group) is 1. The molecule has 1 aromatic carbocycles. The first-order chi connectivity index (χ1) is 9.15. The predicted octanol–water partition coefficient (Wildman–Crippen LogP) is 3.75. The van der Waals surface area contributed by atoms with E-state index in [0.717, 1.165) is 30.7 Å². The maximum Gasteiger partial charge on any atom is 0.125 e. The van der Waals surface area contributed by atoms with Gasteiger partial charge < -0.3 is 10.2 Å². The summed E-state index contributed by atoms with van der Waals surface area (Å²) in [6.45, 7) is 4.23. The number of halogens is 1.